The maximum absolute atomic E-state index is 12.9. The summed E-state index contributed by atoms with van der Waals surface area (Å²) >= 11 is 1.53. The van der Waals surface area contributed by atoms with E-state index in [2.05, 4.69) is 29.2 Å². The number of amides is 1. The van der Waals surface area contributed by atoms with Gasteiger partial charge in [-0.25, -0.2) is 0 Å². The zero-order chi connectivity index (χ0) is 21.5. The molecule has 0 aliphatic carbocycles. The molecule has 1 atom stereocenters. The predicted molar refractivity (Wildman–Crippen MR) is 122 cm³/mol. The molecule has 2 aromatic carbocycles. The van der Waals surface area contributed by atoms with Gasteiger partial charge in [0.2, 0.25) is 5.91 Å². The minimum absolute atomic E-state index is 0.105. The minimum atomic E-state index is -0.147. The molecule has 3 aromatic rings. The van der Waals surface area contributed by atoms with Gasteiger partial charge in [0.05, 0.1) is 12.3 Å². The van der Waals surface area contributed by atoms with Gasteiger partial charge in [-0.3, -0.25) is 9.78 Å². The number of fused-ring (bicyclic) bond motifs is 1. The highest BCUT2D eigenvalue weighted by Crippen LogP contribution is 2.32. The molecule has 31 heavy (non-hydrogen) atoms. The average molecular weight is 435 g/mol. The number of hydrogen-bond donors (Lipinski definition) is 0. The lowest BCUT2D eigenvalue weighted by Crippen LogP contribution is -2.33. The fourth-order valence-corrected chi connectivity index (χ4v) is 4.43. The zero-order valence-corrected chi connectivity index (χ0v) is 18.4. The third-order valence-electron chi connectivity index (χ3n) is 5.17. The van der Waals surface area contributed by atoms with Crippen molar-refractivity contribution in [3.8, 4) is 5.75 Å². The molecule has 0 unspecified atom stereocenters. The summed E-state index contributed by atoms with van der Waals surface area (Å²) in [5.74, 6) is 1.34. The van der Waals surface area contributed by atoms with Gasteiger partial charge in [-0.05, 0) is 42.3 Å². The molecule has 1 aromatic heterocycles. The molecule has 0 radical (unpaired) electrons. The minimum Gasteiger partial charge on any atom is -0.491 e. The van der Waals surface area contributed by atoms with E-state index in [4.69, 9.17) is 9.47 Å². The number of hydrogen-bond acceptors (Lipinski definition) is 5. The highest BCUT2D eigenvalue weighted by Gasteiger charge is 2.22. The first-order valence-corrected chi connectivity index (χ1v) is 11.5. The van der Waals surface area contributed by atoms with E-state index in [9.17, 15) is 4.79 Å². The van der Waals surface area contributed by atoms with Crippen LogP contribution in [0.25, 0.3) is 0 Å². The van der Waals surface area contributed by atoms with Crippen molar-refractivity contribution in [3.05, 3.63) is 89.7 Å². The van der Waals surface area contributed by atoms with Crippen LogP contribution in [0.15, 0.2) is 78.0 Å². The summed E-state index contributed by atoms with van der Waals surface area (Å²) in [5, 5.41) is 0. The molecule has 0 spiro atoms. The van der Waals surface area contributed by atoms with Crippen molar-refractivity contribution in [2.24, 2.45) is 0 Å². The van der Waals surface area contributed by atoms with E-state index in [1.807, 2.05) is 48.2 Å². The Morgan fingerprint density at radius 1 is 1.13 bits per heavy atom. The van der Waals surface area contributed by atoms with Crippen molar-refractivity contribution in [2.75, 3.05) is 25.5 Å². The Bertz CT molecular complexity index is 998. The lowest BCUT2D eigenvalue weighted by Gasteiger charge is -2.21. The Balaban J connectivity index is 1.51. The van der Waals surface area contributed by atoms with Gasteiger partial charge in [0.15, 0.2) is 0 Å². The predicted octanol–water partition coefficient (Wildman–Crippen LogP) is 4.72. The number of rotatable bonds is 7. The Morgan fingerprint density at radius 2 is 1.94 bits per heavy atom. The topological polar surface area (TPSA) is 51.7 Å². The van der Waals surface area contributed by atoms with Crippen LogP contribution in [0.1, 0.15) is 29.7 Å². The number of pyridine rings is 1. The van der Waals surface area contributed by atoms with Crippen molar-refractivity contribution >= 4 is 17.7 Å². The van der Waals surface area contributed by atoms with Crippen molar-refractivity contribution in [1.29, 1.82) is 0 Å². The lowest BCUT2D eigenvalue weighted by molar-refractivity contribution is -0.129. The van der Waals surface area contributed by atoms with Crippen molar-refractivity contribution in [1.82, 2.24) is 9.88 Å². The molecule has 160 valence electrons. The largest absolute Gasteiger partial charge is 0.491 e. The normalized spacial score (nSPS) is 14.3. The summed E-state index contributed by atoms with van der Waals surface area (Å²) in [6.07, 6.45) is 3.34. The van der Waals surface area contributed by atoms with Crippen LogP contribution in [-0.4, -0.2) is 41.3 Å². The zero-order valence-electron chi connectivity index (χ0n) is 17.6. The summed E-state index contributed by atoms with van der Waals surface area (Å²) < 4.78 is 12.0. The quantitative estimate of drug-likeness (QED) is 0.504. The number of thioether (sulfide) groups is 1. The maximum atomic E-state index is 12.9. The van der Waals surface area contributed by atoms with Crippen LogP contribution >= 0.6 is 11.8 Å². The number of aromatic nitrogens is 1. The van der Waals surface area contributed by atoms with Crippen molar-refractivity contribution in [3.63, 3.8) is 0 Å². The van der Waals surface area contributed by atoms with Crippen LogP contribution in [-0.2, 0) is 16.1 Å². The van der Waals surface area contributed by atoms with Crippen molar-refractivity contribution < 1.29 is 14.3 Å². The molecular formula is C25H26N2O3S. The second-order valence-corrected chi connectivity index (χ2v) is 8.30. The monoisotopic (exact) mass is 434 g/mol. The van der Waals surface area contributed by atoms with Gasteiger partial charge >= 0.3 is 0 Å². The number of carbonyl (C=O) groups is 1. The molecular weight excluding hydrogens is 408 g/mol. The van der Waals surface area contributed by atoms with Crippen molar-refractivity contribution in [2.45, 2.75) is 24.5 Å². The second kappa shape index (κ2) is 10.5. The molecule has 6 heteroatoms. The fraction of sp³-hybridized carbons (Fsp3) is 0.280. The first-order chi connectivity index (χ1) is 15.2. The Kier molecular flexibility index (Phi) is 7.22. The molecule has 5 nitrogen and oxygen atoms in total. The summed E-state index contributed by atoms with van der Waals surface area (Å²) in [6, 6.07) is 20.2. The van der Waals surface area contributed by atoms with E-state index >= 15 is 0 Å². The third kappa shape index (κ3) is 5.46. The van der Waals surface area contributed by atoms with Gasteiger partial charge in [0.25, 0.3) is 0 Å². The molecule has 1 aliphatic heterocycles. The summed E-state index contributed by atoms with van der Waals surface area (Å²) in [5.41, 5.74) is 3.19. The summed E-state index contributed by atoms with van der Waals surface area (Å²) in [7, 11) is 0. The van der Waals surface area contributed by atoms with Crippen LogP contribution < -0.4 is 4.74 Å². The summed E-state index contributed by atoms with van der Waals surface area (Å²) in [6.45, 7) is 4.22. The Morgan fingerprint density at radius 3 is 2.71 bits per heavy atom. The molecule has 0 saturated carbocycles. The molecule has 4 rings (SSSR count). The standard InChI is InChI=1S/C25H26N2O3S/c1-2-29-25(19-6-4-3-5-7-19)20-8-9-23-21(16-20)17-27(14-15-30-23)24(28)18-31-22-10-12-26-13-11-22/h3-13,16,25H,2,14-15,17-18H2,1H3/t25-/m0/s1. The number of ether oxygens (including phenoxy) is 2. The molecule has 0 bridgehead atoms. The smallest absolute Gasteiger partial charge is 0.233 e. The van der Waals surface area contributed by atoms with Crippen LogP contribution in [0.5, 0.6) is 5.75 Å². The van der Waals surface area contributed by atoms with E-state index in [1.54, 1.807) is 12.4 Å². The SMILES string of the molecule is CCO[C@@H](c1ccccc1)c1ccc2c(c1)CN(C(=O)CSc1ccncc1)CCO2. The second-order valence-electron chi connectivity index (χ2n) is 7.25. The lowest BCUT2D eigenvalue weighted by atomic mass is 9.99. The number of carbonyl (C=O) groups excluding carboxylic acids is 1. The maximum Gasteiger partial charge on any atom is 0.233 e. The molecule has 2 heterocycles. The molecule has 0 fully saturated rings. The van der Waals surface area contributed by atoms with Crippen LogP contribution in [0.4, 0.5) is 0 Å². The van der Waals surface area contributed by atoms with E-state index in [0.717, 1.165) is 27.3 Å². The van der Waals surface area contributed by atoms with E-state index < -0.39 is 0 Å². The van der Waals surface area contributed by atoms with Crippen LogP contribution in [0, 0.1) is 0 Å². The van der Waals surface area contributed by atoms with Gasteiger partial charge in [-0.15, -0.1) is 11.8 Å². The highest BCUT2D eigenvalue weighted by molar-refractivity contribution is 8.00. The highest BCUT2D eigenvalue weighted by atomic mass is 32.2. The Hall–Kier alpha value is -2.83. The third-order valence-corrected chi connectivity index (χ3v) is 6.16. The Labute approximate surface area is 187 Å². The van der Waals surface area contributed by atoms with E-state index in [0.29, 0.717) is 32.1 Å². The van der Waals surface area contributed by atoms with Gasteiger partial charge in [0.1, 0.15) is 18.5 Å². The van der Waals surface area contributed by atoms with Crippen LogP contribution in [0.3, 0.4) is 0 Å². The van der Waals surface area contributed by atoms with Gasteiger partial charge in [0, 0.05) is 36.0 Å². The first kappa shape index (κ1) is 21.4. The fourth-order valence-electron chi connectivity index (χ4n) is 3.64. The molecule has 0 N–H and O–H groups in total. The van der Waals surface area contributed by atoms with Gasteiger partial charge < -0.3 is 14.4 Å². The van der Waals surface area contributed by atoms with Gasteiger partial charge in [-0.2, -0.15) is 0 Å². The van der Waals surface area contributed by atoms with E-state index in [1.165, 1.54) is 11.8 Å². The average Bonchev–Trinajstić information content (AvgIpc) is 3.04. The number of nitrogens with zero attached hydrogens (tertiary/aromatic N) is 2. The summed E-state index contributed by atoms with van der Waals surface area (Å²) in [4.78, 5) is 19.8. The van der Waals surface area contributed by atoms with E-state index in [-0.39, 0.29) is 12.0 Å². The van der Waals surface area contributed by atoms with Gasteiger partial charge in [-0.1, -0.05) is 36.4 Å². The molecule has 1 aliphatic rings. The first-order valence-electron chi connectivity index (χ1n) is 10.5. The molecule has 0 saturated heterocycles. The molecule has 1 amide bonds. The van der Waals surface area contributed by atoms with Crippen LogP contribution in [0.2, 0.25) is 0 Å². The number of benzene rings is 2.